The fourth-order valence-electron chi connectivity index (χ4n) is 1.30. The fourth-order valence-corrected chi connectivity index (χ4v) is 1.30. The van der Waals surface area contributed by atoms with Gasteiger partial charge >= 0.3 is 0 Å². The van der Waals surface area contributed by atoms with Gasteiger partial charge in [0.15, 0.2) is 0 Å². The molecule has 0 aliphatic carbocycles. The van der Waals surface area contributed by atoms with Crippen molar-refractivity contribution >= 4 is 11.6 Å². The topological polar surface area (TPSA) is 106 Å². The number of hydrogen-bond acceptors (Lipinski definition) is 5. The number of anilines is 1. The number of nitrogens with one attached hydrogen (secondary N) is 2. The maximum absolute atomic E-state index is 11.6. The van der Waals surface area contributed by atoms with Crippen molar-refractivity contribution in [1.82, 2.24) is 25.2 Å². The first-order chi connectivity index (χ1) is 8.20. The fraction of sp³-hybridized carbons (Fsp3) is 0.222. The van der Waals surface area contributed by atoms with Gasteiger partial charge in [0, 0.05) is 18.8 Å². The third-order valence-electron chi connectivity index (χ3n) is 2.13. The van der Waals surface area contributed by atoms with Crippen LogP contribution in [-0.2, 0) is 6.54 Å². The van der Waals surface area contributed by atoms with Crippen molar-refractivity contribution in [2.45, 2.75) is 13.5 Å². The largest absolute Gasteiger partial charge is 0.318 e. The lowest BCUT2D eigenvalue weighted by Gasteiger charge is -2.05. The zero-order valence-electron chi connectivity index (χ0n) is 9.04. The molecule has 1 amide bonds. The van der Waals surface area contributed by atoms with E-state index in [4.69, 9.17) is 0 Å². The van der Waals surface area contributed by atoms with Crippen molar-refractivity contribution in [2.75, 3.05) is 5.32 Å². The number of aromatic amines is 1. The van der Waals surface area contributed by atoms with Crippen LogP contribution in [0.3, 0.4) is 0 Å². The lowest BCUT2D eigenvalue weighted by molar-refractivity contribution is 0.101. The van der Waals surface area contributed by atoms with Gasteiger partial charge in [-0.3, -0.25) is 9.59 Å². The van der Waals surface area contributed by atoms with E-state index in [-0.39, 0.29) is 11.4 Å². The molecule has 8 heteroatoms. The number of pyridine rings is 1. The molecule has 0 aliphatic heterocycles. The Hall–Kier alpha value is -2.51. The molecule has 0 fully saturated rings. The summed E-state index contributed by atoms with van der Waals surface area (Å²) in [6.45, 7) is 2.37. The molecular weight excluding hydrogens is 224 g/mol. The zero-order valence-corrected chi connectivity index (χ0v) is 9.04. The van der Waals surface area contributed by atoms with E-state index >= 15 is 0 Å². The van der Waals surface area contributed by atoms with E-state index in [1.54, 1.807) is 6.20 Å². The molecule has 88 valence electrons. The number of aryl methyl sites for hydroxylation is 1. The highest BCUT2D eigenvalue weighted by molar-refractivity contribution is 6.01. The number of amides is 1. The van der Waals surface area contributed by atoms with Crippen molar-refractivity contribution in [1.29, 1.82) is 0 Å². The van der Waals surface area contributed by atoms with E-state index in [1.807, 2.05) is 6.92 Å². The van der Waals surface area contributed by atoms with Crippen LogP contribution >= 0.6 is 0 Å². The molecule has 0 aliphatic rings. The van der Waals surface area contributed by atoms with Gasteiger partial charge in [0.2, 0.25) is 0 Å². The minimum atomic E-state index is -0.486. The number of carbonyl (C=O) groups excluding carboxylic acids is 1. The molecule has 2 aromatic rings. The second-order valence-electron chi connectivity index (χ2n) is 3.23. The maximum Gasteiger partial charge on any atom is 0.297 e. The van der Waals surface area contributed by atoms with E-state index in [0.717, 1.165) is 0 Å². The van der Waals surface area contributed by atoms with Crippen LogP contribution in [0.4, 0.5) is 5.69 Å². The summed E-state index contributed by atoms with van der Waals surface area (Å²) in [6, 6.07) is 2.90. The van der Waals surface area contributed by atoms with E-state index in [2.05, 4.69) is 25.9 Å². The van der Waals surface area contributed by atoms with Gasteiger partial charge in [0.05, 0.1) is 5.69 Å². The molecule has 0 spiro atoms. The number of tetrazole rings is 1. The van der Waals surface area contributed by atoms with Gasteiger partial charge in [-0.25, -0.2) is 0 Å². The van der Waals surface area contributed by atoms with Gasteiger partial charge in [-0.2, -0.15) is 5.21 Å². The molecule has 0 unspecified atom stereocenters. The normalized spacial score (nSPS) is 10.2. The van der Waals surface area contributed by atoms with Gasteiger partial charge in [-0.1, -0.05) is 0 Å². The smallest absolute Gasteiger partial charge is 0.297 e. The quantitative estimate of drug-likeness (QED) is 0.754. The Morgan fingerprint density at radius 1 is 1.53 bits per heavy atom. The number of hydrogen-bond donors (Lipinski definition) is 2. The molecule has 0 bridgehead atoms. The highest BCUT2D eigenvalue weighted by Gasteiger charge is 2.10. The first-order valence-electron chi connectivity index (χ1n) is 4.96. The van der Waals surface area contributed by atoms with E-state index in [1.165, 1.54) is 16.7 Å². The lowest BCUT2D eigenvalue weighted by Crippen LogP contribution is -2.20. The summed E-state index contributed by atoms with van der Waals surface area (Å²) in [5.41, 5.74) is 0.381. The van der Waals surface area contributed by atoms with E-state index < -0.39 is 5.91 Å². The number of rotatable bonds is 3. The van der Waals surface area contributed by atoms with Crippen LogP contribution in [0.15, 0.2) is 23.1 Å². The number of aromatic nitrogens is 5. The van der Waals surface area contributed by atoms with Gasteiger partial charge in [-0.05, 0) is 18.2 Å². The zero-order chi connectivity index (χ0) is 12.3. The summed E-state index contributed by atoms with van der Waals surface area (Å²) >= 11 is 0. The third kappa shape index (κ3) is 2.36. The minimum Gasteiger partial charge on any atom is -0.318 e. The third-order valence-corrected chi connectivity index (χ3v) is 2.13. The molecule has 2 aromatic heterocycles. The Labute approximate surface area is 95.7 Å². The highest BCUT2D eigenvalue weighted by Crippen LogP contribution is 2.04. The van der Waals surface area contributed by atoms with Gasteiger partial charge < -0.3 is 9.88 Å². The Morgan fingerprint density at radius 2 is 2.35 bits per heavy atom. The van der Waals surface area contributed by atoms with E-state index in [9.17, 15) is 9.59 Å². The molecule has 0 radical (unpaired) electrons. The number of H-pyrrole nitrogens is 1. The SMILES string of the molecule is CCn1cc(NC(=O)c2nn[nH]n2)ccc1=O. The molecule has 8 nitrogen and oxygen atoms in total. The van der Waals surface area contributed by atoms with Crippen LogP contribution in [0.1, 0.15) is 17.5 Å². The Balaban J connectivity index is 2.19. The summed E-state index contributed by atoms with van der Waals surface area (Å²) in [5.74, 6) is -0.542. The molecule has 2 N–H and O–H groups in total. The number of nitrogens with zero attached hydrogens (tertiary/aromatic N) is 4. The monoisotopic (exact) mass is 234 g/mol. The predicted octanol–water partition coefficient (Wildman–Crippen LogP) is -0.366. The molecule has 17 heavy (non-hydrogen) atoms. The molecule has 0 saturated heterocycles. The van der Waals surface area contributed by atoms with Crippen LogP contribution in [0.2, 0.25) is 0 Å². The summed E-state index contributed by atoms with van der Waals surface area (Å²) in [4.78, 5) is 22.9. The summed E-state index contributed by atoms with van der Waals surface area (Å²) in [7, 11) is 0. The van der Waals surface area contributed by atoms with Gasteiger partial charge in [0.1, 0.15) is 0 Å². The molecule has 2 heterocycles. The van der Waals surface area contributed by atoms with Crippen LogP contribution in [0.5, 0.6) is 0 Å². The van der Waals surface area contributed by atoms with Crippen molar-refractivity contribution in [2.24, 2.45) is 0 Å². The average molecular weight is 234 g/mol. The summed E-state index contributed by atoms with van der Waals surface area (Å²) < 4.78 is 1.48. The lowest BCUT2D eigenvalue weighted by atomic mass is 10.4. The van der Waals surface area contributed by atoms with Crippen molar-refractivity contribution < 1.29 is 4.79 Å². The van der Waals surface area contributed by atoms with Crippen LogP contribution in [-0.4, -0.2) is 31.1 Å². The highest BCUT2D eigenvalue weighted by atomic mass is 16.2. The van der Waals surface area contributed by atoms with Gasteiger partial charge in [0.25, 0.3) is 17.3 Å². The average Bonchev–Trinajstić information content (AvgIpc) is 2.85. The Bertz CT molecular complexity index is 573. The Kier molecular flexibility index (Phi) is 2.95. The van der Waals surface area contributed by atoms with Crippen molar-refractivity contribution in [3.05, 3.63) is 34.5 Å². The van der Waals surface area contributed by atoms with Crippen LogP contribution < -0.4 is 10.9 Å². The molecule has 0 atom stereocenters. The standard InChI is InChI=1S/C9H10N6O2/c1-2-15-5-6(3-4-7(15)16)10-9(17)8-11-13-14-12-8/h3-5H,2H2,1H3,(H,10,17)(H,11,12,13,14). The predicted molar refractivity (Wildman–Crippen MR) is 58.5 cm³/mol. The molecule has 0 aromatic carbocycles. The number of carbonyl (C=O) groups is 1. The van der Waals surface area contributed by atoms with Crippen molar-refractivity contribution in [3.63, 3.8) is 0 Å². The maximum atomic E-state index is 11.6. The van der Waals surface area contributed by atoms with Crippen molar-refractivity contribution in [3.8, 4) is 0 Å². The summed E-state index contributed by atoms with van der Waals surface area (Å²) in [5, 5.41) is 15.1. The second-order valence-corrected chi connectivity index (χ2v) is 3.23. The first kappa shape index (κ1) is 11.0. The summed E-state index contributed by atoms with van der Waals surface area (Å²) in [6.07, 6.45) is 1.56. The van der Waals surface area contributed by atoms with Crippen LogP contribution in [0, 0.1) is 0 Å². The molecule has 2 rings (SSSR count). The molecular formula is C9H10N6O2. The minimum absolute atomic E-state index is 0.0563. The second kappa shape index (κ2) is 4.56. The van der Waals surface area contributed by atoms with E-state index in [0.29, 0.717) is 12.2 Å². The Morgan fingerprint density at radius 3 is 3.00 bits per heavy atom. The van der Waals surface area contributed by atoms with Crippen LogP contribution in [0.25, 0.3) is 0 Å². The van der Waals surface area contributed by atoms with Gasteiger partial charge in [-0.15, -0.1) is 10.2 Å². The molecule has 0 saturated carbocycles. The first-order valence-corrected chi connectivity index (χ1v) is 4.96.